The molecule has 1 aliphatic carbocycles. The van der Waals surface area contributed by atoms with Gasteiger partial charge in [0.1, 0.15) is 11.6 Å². The molecule has 0 aliphatic heterocycles. The molecule has 0 atom stereocenters. The minimum absolute atomic E-state index is 0.135. The van der Waals surface area contributed by atoms with Crippen LogP contribution in [0.1, 0.15) is 49.7 Å². The summed E-state index contributed by atoms with van der Waals surface area (Å²) in [5, 5.41) is -0.135. The van der Waals surface area contributed by atoms with Gasteiger partial charge in [0.25, 0.3) is 0 Å². The smallest absolute Gasteiger partial charge is 0.426 e. The van der Waals surface area contributed by atoms with Crippen LogP contribution in [0.15, 0.2) is 42.5 Å². The van der Waals surface area contributed by atoms with Crippen molar-refractivity contribution < 1.29 is 17.9 Å². The first-order valence-electron chi connectivity index (χ1n) is 9.24. The largest absolute Gasteiger partial charge is 0.429 e. The van der Waals surface area contributed by atoms with Gasteiger partial charge in [0, 0.05) is 15.6 Å². The molecule has 0 heterocycles. The van der Waals surface area contributed by atoms with Gasteiger partial charge < -0.3 is 4.74 Å². The highest BCUT2D eigenvalue weighted by Crippen LogP contribution is 2.39. The maximum atomic E-state index is 14.4. The van der Waals surface area contributed by atoms with Gasteiger partial charge in [-0.3, -0.25) is 0 Å². The topological polar surface area (TPSA) is 9.23 Å². The van der Waals surface area contributed by atoms with E-state index >= 15 is 0 Å². The van der Waals surface area contributed by atoms with Crippen LogP contribution in [0.5, 0.6) is 5.75 Å². The highest BCUT2D eigenvalue weighted by molar-refractivity contribution is 6.37. The van der Waals surface area contributed by atoms with Gasteiger partial charge in [0.15, 0.2) is 0 Å². The molecule has 0 saturated heterocycles. The predicted molar refractivity (Wildman–Crippen MR) is 104 cm³/mol. The molecule has 0 bridgehead atoms. The average Bonchev–Trinajstić information content (AvgIpc) is 2.66. The lowest BCUT2D eigenvalue weighted by Crippen LogP contribution is -2.22. The minimum Gasteiger partial charge on any atom is -0.429 e. The van der Waals surface area contributed by atoms with E-state index < -0.39 is 11.9 Å². The van der Waals surface area contributed by atoms with Crippen molar-refractivity contribution in [1.82, 2.24) is 0 Å². The molecular weight excluding hydrogens is 389 g/mol. The maximum Gasteiger partial charge on any atom is 0.426 e. The van der Waals surface area contributed by atoms with E-state index in [2.05, 4.69) is 6.92 Å². The average molecular weight is 411 g/mol. The Morgan fingerprint density at radius 1 is 1.07 bits per heavy atom. The molecule has 0 amide bonds. The lowest BCUT2D eigenvalue weighted by molar-refractivity contribution is -0.185. The first-order chi connectivity index (χ1) is 12.9. The zero-order valence-corrected chi connectivity index (χ0v) is 16.9. The molecule has 144 valence electrons. The first-order valence-corrected chi connectivity index (χ1v) is 10.9. The zero-order chi connectivity index (χ0) is 19.4. The van der Waals surface area contributed by atoms with E-state index in [-0.39, 0.29) is 16.3 Å². The second kappa shape index (κ2) is 8.70. The molecule has 27 heavy (non-hydrogen) atoms. The second-order valence-electron chi connectivity index (χ2n) is 6.92. The van der Waals surface area contributed by atoms with Gasteiger partial charge in [-0.2, -0.15) is 8.78 Å². The van der Waals surface area contributed by atoms with E-state index in [4.69, 9.17) is 16.3 Å². The standard InChI is InChI=1S/C21H22ClF3OSi/c1-2-27-18-10-5-15(6-11-18)14-3-7-16(8-4-14)21(24,25)26-17-9-12-19(22)20(23)13-17/h3-4,7-9,12-13,15,18H,2,5-6,10-11H2,1H3. The SMILES string of the molecule is CC[Si]C1CCC(c2ccc(C(F)(F)Oc3ccc(Cl)c(F)c3)cc2)CC1. The highest BCUT2D eigenvalue weighted by atomic mass is 35.5. The van der Waals surface area contributed by atoms with Crippen molar-refractivity contribution in [1.29, 1.82) is 0 Å². The van der Waals surface area contributed by atoms with Crippen LogP contribution in [0.4, 0.5) is 13.2 Å². The van der Waals surface area contributed by atoms with E-state index in [1.165, 1.54) is 43.2 Å². The third-order valence-electron chi connectivity index (χ3n) is 5.08. The summed E-state index contributed by atoms with van der Waals surface area (Å²) in [6.07, 6.45) is 1.14. The Bertz CT molecular complexity index is 759. The Morgan fingerprint density at radius 2 is 1.74 bits per heavy atom. The molecule has 2 aromatic rings. The summed E-state index contributed by atoms with van der Waals surface area (Å²) in [7, 11) is 1.04. The Balaban J connectivity index is 1.66. The van der Waals surface area contributed by atoms with Gasteiger partial charge >= 0.3 is 6.11 Å². The fourth-order valence-electron chi connectivity index (χ4n) is 3.62. The number of halogens is 4. The van der Waals surface area contributed by atoms with Gasteiger partial charge in [0.2, 0.25) is 0 Å². The highest BCUT2D eigenvalue weighted by Gasteiger charge is 2.35. The lowest BCUT2D eigenvalue weighted by Gasteiger charge is -2.28. The number of benzene rings is 2. The molecule has 0 aromatic heterocycles. The van der Waals surface area contributed by atoms with E-state index in [1.807, 2.05) is 0 Å². The summed E-state index contributed by atoms with van der Waals surface area (Å²) in [5.41, 5.74) is 1.69. The van der Waals surface area contributed by atoms with Crippen LogP contribution in [0.3, 0.4) is 0 Å². The predicted octanol–water partition coefficient (Wildman–Crippen LogP) is 7.20. The van der Waals surface area contributed by atoms with Gasteiger partial charge in [-0.25, -0.2) is 4.39 Å². The third-order valence-corrected chi connectivity index (χ3v) is 6.94. The van der Waals surface area contributed by atoms with Crippen LogP contribution in [0.2, 0.25) is 16.6 Å². The molecule has 3 rings (SSSR count). The van der Waals surface area contributed by atoms with E-state index in [0.717, 1.165) is 39.5 Å². The summed E-state index contributed by atoms with van der Waals surface area (Å²) < 4.78 is 47.0. The van der Waals surface area contributed by atoms with Crippen LogP contribution in [-0.2, 0) is 6.11 Å². The Hall–Kier alpha value is -1.46. The third kappa shape index (κ3) is 5.08. The second-order valence-corrected chi connectivity index (χ2v) is 9.26. The number of ether oxygens (including phenoxy) is 1. The number of hydrogen-bond donors (Lipinski definition) is 0. The molecule has 1 fully saturated rings. The Labute approximate surface area is 165 Å². The number of rotatable bonds is 6. The molecule has 0 spiro atoms. The van der Waals surface area contributed by atoms with Gasteiger partial charge in [-0.15, -0.1) is 0 Å². The van der Waals surface area contributed by atoms with E-state index in [0.29, 0.717) is 5.92 Å². The van der Waals surface area contributed by atoms with Crippen molar-refractivity contribution in [2.24, 2.45) is 0 Å². The van der Waals surface area contributed by atoms with Crippen molar-refractivity contribution in [2.45, 2.75) is 56.2 Å². The fraction of sp³-hybridized carbons (Fsp3) is 0.429. The van der Waals surface area contributed by atoms with Crippen molar-refractivity contribution in [3.8, 4) is 5.75 Å². The summed E-state index contributed by atoms with van der Waals surface area (Å²) in [4.78, 5) is 0. The monoisotopic (exact) mass is 410 g/mol. The molecular formula is C21H22ClF3OSi. The van der Waals surface area contributed by atoms with Crippen molar-refractivity contribution in [2.75, 3.05) is 0 Å². The minimum atomic E-state index is -3.54. The lowest BCUT2D eigenvalue weighted by atomic mass is 9.83. The van der Waals surface area contributed by atoms with Crippen LogP contribution in [0.25, 0.3) is 0 Å². The van der Waals surface area contributed by atoms with Crippen LogP contribution in [0, 0.1) is 5.82 Å². The number of alkyl halides is 2. The van der Waals surface area contributed by atoms with Crippen LogP contribution >= 0.6 is 11.6 Å². The quantitative estimate of drug-likeness (QED) is 0.457. The summed E-state index contributed by atoms with van der Waals surface area (Å²) in [5.74, 6) is -0.613. The van der Waals surface area contributed by atoms with Crippen molar-refractivity contribution in [3.05, 3.63) is 64.4 Å². The molecule has 2 aromatic carbocycles. The molecule has 1 nitrogen and oxygen atoms in total. The summed E-state index contributed by atoms with van der Waals surface area (Å²) >= 11 is 5.57. The maximum absolute atomic E-state index is 14.4. The van der Waals surface area contributed by atoms with E-state index in [9.17, 15) is 13.2 Å². The van der Waals surface area contributed by atoms with Crippen molar-refractivity contribution in [3.63, 3.8) is 0 Å². The van der Waals surface area contributed by atoms with E-state index in [1.54, 1.807) is 12.1 Å². The molecule has 2 radical (unpaired) electrons. The Morgan fingerprint density at radius 3 is 2.33 bits per heavy atom. The Kier molecular flexibility index (Phi) is 6.53. The molecule has 0 N–H and O–H groups in total. The molecule has 1 saturated carbocycles. The van der Waals surface area contributed by atoms with Gasteiger partial charge in [0.05, 0.1) is 10.6 Å². The van der Waals surface area contributed by atoms with Crippen LogP contribution < -0.4 is 4.74 Å². The normalized spacial score (nSPS) is 20.5. The zero-order valence-electron chi connectivity index (χ0n) is 15.2. The molecule has 0 unspecified atom stereocenters. The fourth-order valence-corrected chi connectivity index (χ4v) is 5.05. The van der Waals surface area contributed by atoms with Crippen LogP contribution in [-0.4, -0.2) is 9.52 Å². The summed E-state index contributed by atoms with van der Waals surface area (Å²) in [6, 6.07) is 10.9. The van der Waals surface area contributed by atoms with Gasteiger partial charge in [-0.05, 0) is 54.1 Å². The molecule has 6 heteroatoms. The van der Waals surface area contributed by atoms with Crippen molar-refractivity contribution >= 4 is 21.1 Å². The summed E-state index contributed by atoms with van der Waals surface area (Å²) in [6.45, 7) is 2.23. The van der Waals surface area contributed by atoms with Gasteiger partial charge in [-0.1, -0.05) is 49.5 Å². The molecule has 1 aliphatic rings. The first kappa shape index (κ1) is 20.3. The number of hydrogen-bond acceptors (Lipinski definition) is 1.